The average Bonchev–Trinajstić information content (AvgIpc) is 3.50. The van der Waals surface area contributed by atoms with E-state index in [4.69, 9.17) is 9.47 Å². The van der Waals surface area contributed by atoms with Crippen LogP contribution in [-0.2, 0) is 16.1 Å². The molecule has 0 unspecified atom stereocenters. The van der Waals surface area contributed by atoms with E-state index in [1.54, 1.807) is 12.6 Å². The Kier molecular flexibility index (Phi) is 6.37. The fraction of sp³-hybridized carbons (Fsp3) is 0.389. The van der Waals surface area contributed by atoms with Gasteiger partial charge in [0.15, 0.2) is 11.0 Å². The molecule has 1 saturated heterocycles. The highest BCUT2D eigenvalue weighted by Crippen LogP contribution is 2.28. The minimum absolute atomic E-state index is 0.123. The van der Waals surface area contributed by atoms with E-state index in [2.05, 4.69) is 25.7 Å². The molecule has 1 N–H and O–H groups in total. The molecular weight excluding hydrogens is 412 g/mol. The molecule has 3 heterocycles. The van der Waals surface area contributed by atoms with Gasteiger partial charge >= 0.3 is 0 Å². The highest BCUT2D eigenvalue weighted by Gasteiger charge is 2.22. The number of hydrogen-bond donors (Lipinski definition) is 1. The van der Waals surface area contributed by atoms with E-state index in [0.717, 1.165) is 36.6 Å². The number of benzene rings is 1. The third-order valence-corrected chi connectivity index (χ3v) is 5.99. The zero-order chi connectivity index (χ0) is 20.1. The van der Waals surface area contributed by atoms with E-state index < -0.39 is 0 Å². The molecule has 9 nitrogen and oxygen atoms in total. The van der Waals surface area contributed by atoms with E-state index in [-0.39, 0.29) is 17.8 Å². The van der Waals surface area contributed by atoms with Crippen molar-refractivity contribution in [2.75, 3.05) is 24.8 Å². The van der Waals surface area contributed by atoms with Crippen LogP contribution in [0.1, 0.15) is 12.8 Å². The number of carbonyl (C=O) groups excluding carboxylic acids is 1. The lowest BCUT2D eigenvalue weighted by atomic mass is 10.2. The van der Waals surface area contributed by atoms with Crippen LogP contribution in [0.3, 0.4) is 0 Å². The fourth-order valence-corrected chi connectivity index (χ4v) is 4.23. The van der Waals surface area contributed by atoms with Crippen LogP contribution in [0.4, 0.5) is 5.13 Å². The number of ether oxygens (including phenoxy) is 2. The third kappa shape index (κ3) is 4.92. The number of methoxy groups -OCH3 is 1. The summed E-state index contributed by atoms with van der Waals surface area (Å²) in [5, 5.41) is 20.1. The quantitative estimate of drug-likeness (QED) is 0.542. The van der Waals surface area contributed by atoms with Gasteiger partial charge in [-0.1, -0.05) is 23.1 Å². The smallest absolute Gasteiger partial charge is 0.236 e. The second kappa shape index (κ2) is 9.33. The number of nitrogens with one attached hydrogen (secondary N) is 1. The zero-order valence-corrected chi connectivity index (χ0v) is 17.4. The van der Waals surface area contributed by atoms with Crippen molar-refractivity contribution < 1.29 is 14.3 Å². The predicted octanol–water partition coefficient (Wildman–Crippen LogP) is 2.72. The molecule has 0 spiro atoms. The summed E-state index contributed by atoms with van der Waals surface area (Å²) in [7, 11) is 1.64. The summed E-state index contributed by atoms with van der Waals surface area (Å²) < 4.78 is 13.1. The molecule has 1 atom stereocenters. The molecule has 0 bridgehead atoms. The number of thioether (sulfide) groups is 1. The number of anilines is 1. The van der Waals surface area contributed by atoms with E-state index >= 15 is 0 Å². The molecule has 1 aromatic carbocycles. The van der Waals surface area contributed by atoms with Gasteiger partial charge in [-0.05, 0) is 37.1 Å². The van der Waals surface area contributed by atoms with Gasteiger partial charge in [-0.3, -0.25) is 14.7 Å². The second-order valence-electron chi connectivity index (χ2n) is 6.36. The van der Waals surface area contributed by atoms with Gasteiger partial charge < -0.3 is 9.47 Å². The molecule has 1 aliphatic rings. The van der Waals surface area contributed by atoms with Gasteiger partial charge in [0.05, 0.1) is 25.5 Å². The number of amides is 1. The van der Waals surface area contributed by atoms with Crippen LogP contribution in [0.15, 0.2) is 34.9 Å². The zero-order valence-electron chi connectivity index (χ0n) is 15.8. The summed E-state index contributed by atoms with van der Waals surface area (Å²) in [4.78, 5) is 12.2. The van der Waals surface area contributed by atoms with Gasteiger partial charge in [0.2, 0.25) is 11.0 Å². The van der Waals surface area contributed by atoms with Crippen LogP contribution >= 0.6 is 23.1 Å². The molecule has 4 rings (SSSR count). The first-order valence-electron chi connectivity index (χ1n) is 9.11. The highest BCUT2D eigenvalue weighted by atomic mass is 32.2. The van der Waals surface area contributed by atoms with Crippen molar-refractivity contribution in [2.45, 2.75) is 30.6 Å². The van der Waals surface area contributed by atoms with Crippen LogP contribution in [0.25, 0.3) is 11.4 Å². The Morgan fingerprint density at radius 1 is 1.34 bits per heavy atom. The molecule has 3 aromatic rings. The molecule has 152 valence electrons. The summed E-state index contributed by atoms with van der Waals surface area (Å²) in [6.45, 7) is 1.42. The van der Waals surface area contributed by atoms with Gasteiger partial charge in [-0.25, -0.2) is 0 Å². The summed E-state index contributed by atoms with van der Waals surface area (Å²) in [5.74, 6) is 1.56. The van der Waals surface area contributed by atoms with Crippen molar-refractivity contribution in [3.8, 4) is 17.1 Å². The molecular formula is C18H20N6O3S2. The van der Waals surface area contributed by atoms with Crippen molar-refractivity contribution in [1.82, 2.24) is 25.0 Å². The first-order valence-corrected chi connectivity index (χ1v) is 11.0. The monoisotopic (exact) mass is 432 g/mol. The maximum absolute atomic E-state index is 12.2. The van der Waals surface area contributed by atoms with Crippen molar-refractivity contribution in [3.05, 3.63) is 29.8 Å². The molecule has 0 radical (unpaired) electrons. The molecule has 0 saturated carbocycles. The fourth-order valence-electron chi connectivity index (χ4n) is 3.02. The molecule has 2 aromatic heterocycles. The lowest BCUT2D eigenvalue weighted by Crippen LogP contribution is -2.18. The molecule has 1 fully saturated rings. The Labute approximate surface area is 175 Å². The van der Waals surface area contributed by atoms with Crippen LogP contribution in [0.5, 0.6) is 5.75 Å². The predicted molar refractivity (Wildman–Crippen MR) is 110 cm³/mol. The maximum Gasteiger partial charge on any atom is 0.236 e. The topological polar surface area (TPSA) is 104 Å². The number of hydrogen-bond acceptors (Lipinski definition) is 9. The summed E-state index contributed by atoms with van der Waals surface area (Å²) in [6, 6.07) is 7.68. The van der Waals surface area contributed by atoms with Crippen molar-refractivity contribution in [1.29, 1.82) is 0 Å². The molecule has 1 aliphatic heterocycles. The first kappa shape index (κ1) is 19.8. The average molecular weight is 433 g/mol. The van der Waals surface area contributed by atoms with Gasteiger partial charge in [0.1, 0.15) is 11.3 Å². The van der Waals surface area contributed by atoms with Crippen molar-refractivity contribution >= 4 is 34.1 Å². The molecule has 1 amide bonds. The Balaban J connectivity index is 1.52. The molecule has 0 aliphatic carbocycles. The van der Waals surface area contributed by atoms with E-state index in [1.165, 1.54) is 23.1 Å². The SMILES string of the molecule is COc1ccc(-c2nnc(SCC(=O)Nc3nncs3)n2C[C@H]2CCCO2)cc1. The molecule has 11 heteroatoms. The number of aromatic nitrogens is 5. The molecule has 29 heavy (non-hydrogen) atoms. The lowest BCUT2D eigenvalue weighted by molar-refractivity contribution is -0.113. The standard InChI is InChI=1S/C18H20N6O3S2/c1-26-13-6-4-12(5-7-13)16-21-23-18(24(16)9-14-3-2-8-27-14)28-10-15(25)20-17-22-19-11-29-17/h4-7,11,14H,2-3,8-10H2,1H3,(H,20,22,25)/t14-/m1/s1. The maximum atomic E-state index is 12.2. The number of carbonyl (C=O) groups is 1. The summed E-state index contributed by atoms with van der Waals surface area (Å²) in [6.07, 6.45) is 2.18. The van der Waals surface area contributed by atoms with E-state index in [1.807, 2.05) is 28.8 Å². The first-order chi connectivity index (χ1) is 14.2. The summed E-state index contributed by atoms with van der Waals surface area (Å²) in [5.41, 5.74) is 2.50. The Morgan fingerprint density at radius 3 is 2.90 bits per heavy atom. The Bertz CT molecular complexity index is 939. The van der Waals surface area contributed by atoms with Crippen LogP contribution in [-0.4, -0.2) is 56.4 Å². The van der Waals surface area contributed by atoms with Gasteiger partial charge in [-0.2, -0.15) is 0 Å². The van der Waals surface area contributed by atoms with Crippen molar-refractivity contribution in [3.63, 3.8) is 0 Å². The lowest BCUT2D eigenvalue weighted by Gasteiger charge is -2.14. The van der Waals surface area contributed by atoms with E-state index in [0.29, 0.717) is 16.8 Å². The largest absolute Gasteiger partial charge is 0.497 e. The van der Waals surface area contributed by atoms with Gasteiger partial charge in [0, 0.05) is 12.2 Å². The normalized spacial score (nSPS) is 16.1. The van der Waals surface area contributed by atoms with Gasteiger partial charge in [0.25, 0.3) is 0 Å². The summed E-state index contributed by atoms with van der Waals surface area (Å²) >= 11 is 2.62. The second-order valence-corrected chi connectivity index (χ2v) is 8.14. The minimum atomic E-state index is -0.163. The van der Waals surface area contributed by atoms with Gasteiger partial charge in [-0.15, -0.1) is 20.4 Å². The van der Waals surface area contributed by atoms with Crippen LogP contribution in [0.2, 0.25) is 0 Å². The number of rotatable bonds is 8. The van der Waals surface area contributed by atoms with Crippen LogP contribution < -0.4 is 10.1 Å². The van der Waals surface area contributed by atoms with Crippen LogP contribution in [0, 0.1) is 0 Å². The number of nitrogens with zero attached hydrogens (tertiary/aromatic N) is 5. The van der Waals surface area contributed by atoms with Crippen molar-refractivity contribution in [2.24, 2.45) is 0 Å². The Morgan fingerprint density at radius 2 is 2.21 bits per heavy atom. The Hall–Kier alpha value is -2.50. The minimum Gasteiger partial charge on any atom is -0.497 e. The third-order valence-electron chi connectivity index (χ3n) is 4.41. The van der Waals surface area contributed by atoms with E-state index in [9.17, 15) is 4.79 Å². The highest BCUT2D eigenvalue weighted by molar-refractivity contribution is 7.99.